The van der Waals surface area contributed by atoms with Crippen LogP contribution in [0.4, 0.5) is 0 Å². The molecule has 6 nitrogen and oxygen atoms in total. The summed E-state index contributed by atoms with van der Waals surface area (Å²) in [6, 6.07) is 9.63. The van der Waals surface area contributed by atoms with Crippen LogP contribution in [0.5, 0.6) is 0 Å². The van der Waals surface area contributed by atoms with E-state index in [1.807, 2.05) is 26.0 Å². The summed E-state index contributed by atoms with van der Waals surface area (Å²) >= 11 is 1.57. The molecule has 1 saturated heterocycles. The number of hydrogen-bond donors (Lipinski definition) is 1. The van der Waals surface area contributed by atoms with Crippen molar-refractivity contribution in [1.29, 1.82) is 5.26 Å². The number of carbonyl (C=O) groups is 1. The van der Waals surface area contributed by atoms with Gasteiger partial charge in [0, 0.05) is 19.6 Å². The maximum atomic E-state index is 12.0. The zero-order chi connectivity index (χ0) is 20.1. The molecule has 1 atom stereocenters. The highest BCUT2D eigenvalue weighted by Crippen LogP contribution is 2.37. The van der Waals surface area contributed by atoms with E-state index < -0.39 is 5.97 Å². The molecule has 1 N–H and O–H groups in total. The minimum atomic E-state index is -0.894. The van der Waals surface area contributed by atoms with E-state index in [1.54, 1.807) is 23.9 Å². The smallest absolute Gasteiger partial charge is 0.338 e. The van der Waals surface area contributed by atoms with E-state index in [0.29, 0.717) is 30.9 Å². The molecule has 1 aromatic rings. The molecule has 2 aliphatic heterocycles. The first-order chi connectivity index (χ1) is 13.5. The number of carboxylic acid groups (broad SMARTS) is 1. The van der Waals surface area contributed by atoms with Crippen LogP contribution in [0.25, 0.3) is 0 Å². The van der Waals surface area contributed by atoms with Gasteiger partial charge in [-0.1, -0.05) is 19.1 Å². The molecule has 0 spiro atoms. The lowest BCUT2D eigenvalue weighted by molar-refractivity contribution is -0.132. The van der Waals surface area contributed by atoms with Crippen molar-refractivity contribution < 1.29 is 14.6 Å². The second kappa shape index (κ2) is 9.28. The molecule has 1 aromatic carbocycles. The first-order valence-corrected chi connectivity index (χ1v) is 10.4. The Morgan fingerprint density at radius 1 is 1.32 bits per heavy atom. The summed E-state index contributed by atoms with van der Waals surface area (Å²) in [7, 11) is 0. The van der Waals surface area contributed by atoms with Gasteiger partial charge in [0.2, 0.25) is 0 Å². The van der Waals surface area contributed by atoms with Crippen LogP contribution in [-0.2, 0) is 16.1 Å². The molecule has 0 bridgehead atoms. The van der Waals surface area contributed by atoms with Crippen molar-refractivity contribution >= 4 is 17.7 Å². The van der Waals surface area contributed by atoms with Crippen LogP contribution in [0, 0.1) is 11.3 Å². The fourth-order valence-electron chi connectivity index (χ4n) is 3.57. The van der Waals surface area contributed by atoms with Gasteiger partial charge < -0.3 is 14.7 Å². The molecule has 7 heteroatoms. The van der Waals surface area contributed by atoms with Crippen molar-refractivity contribution in [3.63, 3.8) is 0 Å². The highest BCUT2D eigenvalue weighted by molar-refractivity contribution is 8.03. The number of thioether (sulfide) groups is 1. The third-order valence-electron chi connectivity index (χ3n) is 4.94. The van der Waals surface area contributed by atoms with E-state index in [0.717, 1.165) is 35.0 Å². The molecule has 0 amide bonds. The zero-order valence-electron chi connectivity index (χ0n) is 16.2. The SMILES string of the molecule is CCSC1=C(C(=O)O)C(C)=CC(N2CCOCC2)N1Cc1ccc(C#N)cc1. The Hall–Kier alpha value is -2.27. The van der Waals surface area contributed by atoms with Crippen molar-refractivity contribution in [3.8, 4) is 6.07 Å². The lowest BCUT2D eigenvalue weighted by Gasteiger charge is -2.44. The summed E-state index contributed by atoms with van der Waals surface area (Å²) in [5.41, 5.74) is 2.85. The van der Waals surface area contributed by atoms with Crippen LogP contribution < -0.4 is 0 Å². The first kappa shape index (κ1) is 20.5. The Labute approximate surface area is 170 Å². The van der Waals surface area contributed by atoms with Crippen LogP contribution in [0.2, 0.25) is 0 Å². The quantitative estimate of drug-likeness (QED) is 0.788. The van der Waals surface area contributed by atoms with Gasteiger partial charge >= 0.3 is 5.97 Å². The largest absolute Gasteiger partial charge is 0.478 e. The lowest BCUT2D eigenvalue weighted by Crippen LogP contribution is -2.52. The molecule has 148 valence electrons. The molecule has 0 radical (unpaired) electrons. The number of benzene rings is 1. The van der Waals surface area contributed by atoms with Crippen LogP contribution in [-0.4, -0.2) is 59.1 Å². The van der Waals surface area contributed by atoms with Gasteiger partial charge in [0.1, 0.15) is 6.17 Å². The normalized spacial score (nSPS) is 20.7. The molecule has 2 heterocycles. The number of carboxylic acids is 1. The number of ether oxygens (including phenoxy) is 1. The predicted octanol–water partition coefficient (Wildman–Crippen LogP) is 3.03. The van der Waals surface area contributed by atoms with Crippen molar-refractivity contribution in [1.82, 2.24) is 9.80 Å². The molecular weight excluding hydrogens is 374 g/mol. The minimum Gasteiger partial charge on any atom is -0.478 e. The van der Waals surface area contributed by atoms with Gasteiger partial charge in [0.25, 0.3) is 0 Å². The Morgan fingerprint density at radius 2 is 2.00 bits per heavy atom. The Balaban J connectivity index is 2.00. The first-order valence-electron chi connectivity index (χ1n) is 9.41. The summed E-state index contributed by atoms with van der Waals surface area (Å²) in [5.74, 6) is -0.103. The lowest BCUT2D eigenvalue weighted by atomic mass is 10.0. The standard InChI is InChI=1S/C21H25N3O3S/c1-3-28-20-19(21(25)26)15(2)12-18(23-8-10-27-11-9-23)24(20)14-17-6-4-16(13-22)5-7-17/h4-7,12,18H,3,8-11,14H2,1-2H3,(H,25,26). The van der Waals surface area contributed by atoms with E-state index in [4.69, 9.17) is 10.00 Å². The molecule has 0 aliphatic carbocycles. The fourth-order valence-corrected chi connectivity index (χ4v) is 4.58. The summed E-state index contributed by atoms with van der Waals surface area (Å²) in [6.45, 7) is 7.48. The molecule has 3 rings (SSSR count). The summed E-state index contributed by atoms with van der Waals surface area (Å²) < 4.78 is 5.51. The van der Waals surface area contributed by atoms with Gasteiger partial charge in [0.15, 0.2) is 0 Å². The van der Waals surface area contributed by atoms with Crippen molar-refractivity contribution in [2.75, 3.05) is 32.1 Å². The van der Waals surface area contributed by atoms with Crippen LogP contribution in [0.3, 0.4) is 0 Å². The van der Waals surface area contributed by atoms with Gasteiger partial charge in [-0.05, 0) is 42.0 Å². The van der Waals surface area contributed by atoms with Crippen LogP contribution in [0.15, 0.2) is 46.5 Å². The average Bonchev–Trinajstić information content (AvgIpc) is 2.71. The third kappa shape index (κ3) is 4.41. The van der Waals surface area contributed by atoms with Gasteiger partial charge in [0.05, 0.1) is 35.4 Å². The van der Waals surface area contributed by atoms with Gasteiger partial charge in [-0.15, -0.1) is 11.8 Å². The second-order valence-corrected chi connectivity index (χ2v) is 8.02. The van der Waals surface area contributed by atoms with E-state index in [2.05, 4.69) is 21.9 Å². The molecule has 0 aromatic heterocycles. The van der Waals surface area contributed by atoms with Gasteiger partial charge in [-0.2, -0.15) is 5.26 Å². The summed E-state index contributed by atoms with van der Waals surface area (Å²) in [5, 5.41) is 19.7. The number of rotatable bonds is 6. The summed E-state index contributed by atoms with van der Waals surface area (Å²) in [4.78, 5) is 16.5. The van der Waals surface area contributed by atoms with E-state index in [9.17, 15) is 9.90 Å². The molecular formula is C21H25N3O3S. The number of aliphatic carboxylic acids is 1. The maximum Gasteiger partial charge on any atom is 0.338 e. The van der Waals surface area contributed by atoms with E-state index in [-0.39, 0.29) is 6.17 Å². The topological polar surface area (TPSA) is 76.8 Å². The molecule has 1 fully saturated rings. The maximum absolute atomic E-state index is 12.0. The number of nitriles is 1. The fraction of sp³-hybridized carbons (Fsp3) is 0.429. The minimum absolute atomic E-state index is 0.0170. The van der Waals surface area contributed by atoms with Crippen molar-refractivity contribution in [2.24, 2.45) is 0 Å². The number of morpholine rings is 1. The predicted molar refractivity (Wildman–Crippen MR) is 109 cm³/mol. The molecule has 0 saturated carbocycles. The molecule has 2 aliphatic rings. The van der Waals surface area contributed by atoms with Crippen molar-refractivity contribution in [2.45, 2.75) is 26.6 Å². The Kier molecular flexibility index (Phi) is 6.79. The van der Waals surface area contributed by atoms with E-state index in [1.165, 1.54) is 0 Å². The van der Waals surface area contributed by atoms with Crippen LogP contribution in [0.1, 0.15) is 25.0 Å². The Morgan fingerprint density at radius 3 is 2.57 bits per heavy atom. The molecule has 28 heavy (non-hydrogen) atoms. The average molecular weight is 400 g/mol. The number of nitrogens with zero attached hydrogens (tertiary/aromatic N) is 3. The van der Waals surface area contributed by atoms with Gasteiger partial charge in [-0.3, -0.25) is 4.90 Å². The Bertz CT molecular complexity index is 820. The van der Waals surface area contributed by atoms with E-state index >= 15 is 0 Å². The number of hydrogen-bond acceptors (Lipinski definition) is 6. The van der Waals surface area contributed by atoms with Crippen molar-refractivity contribution in [3.05, 3.63) is 57.6 Å². The van der Waals surface area contributed by atoms with Crippen LogP contribution >= 0.6 is 11.8 Å². The summed E-state index contributed by atoms with van der Waals surface area (Å²) in [6.07, 6.45) is 2.04. The third-order valence-corrected chi connectivity index (χ3v) is 5.94. The van der Waals surface area contributed by atoms with Gasteiger partial charge in [-0.25, -0.2) is 4.79 Å². The second-order valence-electron chi connectivity index (χ2n) is 6.77. The monoisotopic (exact) mass is 399 g/mol. The zero-order valence-corrected chi connectivity index (χ0v) is 17.0. The highest BCUT2D eigenvalue weighted by Gasteiger charge is 2.34. The highest BCUT2D eigenvalue weighted by atomic mass is 32.2. The molecule has 1 unspecified atom stereocenters.